The average molecular weight is 218 g/mol. The van der Waals surface area contributed by atoms with Crippen molar-refractivity contribution in [3.8, 4) is 0 Å². The van der Waals surface area contributed by atoms with Gasteiger partial charge in [-0.1, -0.05) is 30.3 Å². The molecule has 0 amide bonds. The molecule has 0 bridgehead atoms. The lowest BCUT2D eigenvalue weighted by Gasteiger charge is -2.25. The number of morpholine rings is 1. The van der Waals surface area contributed by atoms with Crippen LogP contribution in [0.3, 0.4) is 0 Å². The van der Waals surface area contributed by atoms with E-state index >= 15 is 0 Å². The van der Waals surface area contributed by atoms with Crippen LogP contribution in [0.4, 0.5) is 0 Å². The Balaban J connectivity index is 1.61. The number of rotatable bonds is 2. The lowest BCUT2D eigenvalue weighted by Crippen LogP contribution is -2.47. The van der Waals surface area contributed by atoms with Gasteiger partial charge < -0.3 is 10.1 Å². The molecule has 3 rings (SSSR count). The third-order valence-corrected chi connectivity index (χ3v) is 3.43. The van der Waals surface area contributed by atoms with Crippen molar-refractivity contribution in [2.24, 2.45) is 0 Å². The first-order valence-corrected chi connectivity index (χ1v) is 6.03. The zero-order valence-electron chi connectivity index (χ0n) is 9.43. The van der Waals surface area contributed by atoms with Gasteiger partial charge in [-0.15, -0.1) is 0 Å². The Bertz CT molecular complexity index is 327. The summed E-state index contributed by atoms with van der Waals surface area (Å²) in [6, 6.07) is 11.2. The molecule has 0 aliphatic carbocycles. The molecule has 1 aromatic rings. The second-order valence-corrected chi connectivity index (χ2v) is 4.65. The second-order valence-electron chi connectivity index (χ2n) is 4.65. The summed E-state index contributed by atoms with van der Waals surface area (Å²) in [5.41, 5.74) is 1.39. The van der Waals surface area contributed by atoms with Gasteiger partial charge in [0.15, 0.2) is 0 Å². The van der Waals surface area contributed by atoms with Gasteiger partial charge in [0.2, 0.25) is 0 Å². The van der Waals surface area contributed by atoms with Crippen LogP contribution in [0.25, 0.3) is 0 Å². The SMILES string of the molecule is c1ccc(CN2C[C@@H]3NCCO[C@@H]3C2)cc1. The Morgan fingerprint density at radius 2 is 2.12 bits per heavy atom. The van der Waals surface area contributed by atoms with Gasteiger partial charge in [0.1, 0.15) is 0 Å². The molecule has 0 aromatic heterocycles. The maximum atomic E-state index is 5.77. The minimum absolute atomic E-state index is 0.400. The molecule has 2 aliphatic heterocycles. The van der Waals surface area contributed by atoms with Crippen LogP contribution in [0.15, 0.2) is 30.3 Å². The third kappa shape index (κ3) is 2.12. The number of ether oxygens (including phenoxy) is 1. The molecule has 3 nitrogen and oxygen atoms in total. The predicted molar refractivity (Wildman–Crippen MR) is 63.2 cm³/mol. The monoisotopic (exact) mass is 218 g/mol. The summed E-state index contributed by atoms with van der Waals surface area (Å²) in [6.07, 6.45) is 0.400. The minimum Gasteiger partial charge on any atom is -0.374 e. The van der Waals surface area contributed by atoms with Crippen LogP contribution < -0.4 is 5.32 Å². The fraction of sp³-hybridized carbons (Fsp3) is 0.538. The molecule has 1 N–H and O–H groups in total. The molecule has 0 radical (unpaired) electrons. The van der Waals surface area contributed by atoms with Crippen molar-refractivity contribution in [2.45, 2.75) is 18.7 Å². The van der Waals surface area contributed by atoms with E-state index in [1.54, 1.807) is 0 Å². The number of benzene rings is 1. The minimum atomic E-state index is 0.400. The molecule has 0 unspecified atom stereocenters. The molecule has 86 valence electrons. The van der Waals surface area contributed by atoms with Gasteiger partial charge in [0.05, 0.1) is 12.7 Å². The highest BCUT2D eigenvalue weighted by atomic mass is 16.5. The number of nitrogens with zero attached hydrogens (tertiary/aromatic N) is 1. The van der Waals surface area contributed by atoms with Gasteiger partial charge in [-0.25, -0.2) is 0 Å². The summed E-state index contributed by atoms with van der Waals surface area (Å²) in [4.78, 5) is 2.48. The van der Waals surface area contributed by atoms with Crippen LogP contribution in [0.5, 0.6) is 0 Å². The van der Waals surface area contributed by atoms with Gasteiger partial charge >= 0.3 is 0 Å². The van der Waals surface area contributed by atoms with Crippen molar-refractivity contribution in [1.29, 1.82) is 0 Å². The van der Waals surface area contributed by atoms with E-state index < -0.39 is 0 Å². The summed E-state index contributed by atoms with van der Waals surface area (Å²) >= 11 is 0. The Hall–Kier alpha value is -0.900. The highest BCUT2D eigenvalue weighted by Crippen LogP contribution is 2.18. The lowest BCUT2D eigenvalue weighted by atomic mass is 10.2. The standard InChI is InChI=1S/C13H18N2O/c1-2-4-11(5-3-1)8-15-9-12-13(10-15)16-7-6-14-12/h1-5,12-14H,6-10H2/t12-,13+/m0/s1. The zero-order chi connectivity index (χ0) is 10.8. The normalized spacial score (nSPS) is 30.2. The van der Waals surface area contributed by atoms with Crippen molar-refractivity contribution in [3.63, 3.8) is 0 Å². The highest BCUT2D eigenvalue weighted by Gasteiger charge is 2.34. The number of hydrogen-bond acceptors (Lipinski definition) is 3. The van der Waals surface area contributed by atoms with Gasteiger partial charge in [-0.05, 0) is 5.56 Å². The number of fused-ring (bicyclic) bond motifs is 1. The van der Waals surface area contributed by atoms with Crippen molar-refractivity contribution < 1.29 is 4.74 Å². The Labute approximate surface area is 96.4 Å². The Kier molecular flexibility index (Phi) is 2.91. The molecule has 2 fully saturated rings. The number of nitrogens with one attached hydrogen (secondary N) is 1. The zero-order valence-corrected chi connectivity index (χ0v) is 9.43. The van der Waals surface area contributed by atoms with Crippen LogP contribution in [0, 0.1) is 0 Å². The smallest absolute Gasteiger partial charge is 0.0867 e. The molecule has 1 aromatic carbocycles. The summed E-state index contributed by atoms with van der Waals surface area (Å²) in [5, 5.41) is 3.53. The number of likely N-dealkylation sites (tertiary alicyclic amines) is 1. The van der Waals surface area contributed by atoms with E-state index in [9.17, 15) is 0 Å². The fourth-order valence-electron chi connectivity index (χ4n) is 2.64. The predicted octanol–water partition coefficient (Wildman–Crippen LogP) is 0.859. The highest BCUT2D eigenvalue weighted by molar-refractivity contribution is 5.15. The van der Waals surface area contributed by atoms with E-state index in [1.807, 2.05) is 0 Å². The molecule has 16 heavy (non-hydrogen) atoms. The lowest BCUT2D eigenvalue weighted by molar-refractivity contribution is 0.0175. The molecular formula is C13H18N2O. The maximum Gasteiger partial charge on any atom is 0.0867 e. The Morgan fingerprint density at radius 1 is 1.25 bits per heavy atom. The molecule has 0 saturated carbocycles. The van der Waals surface area contributed by atoms with Crippen molar-refractivity contribution in [1.82, 2.24) is 10.2 Å². The number of hydrogen-bond donors (Lipinski definition) is 1. The van der Waals surface area contributed by atoms with Gasteiger partial charge in [0.25, 0.3) is 0 Å². The summed E-state index contributed by atoms with van der Waals surface area (Å²) in [6.45, 7) is 5.08. The van der Waals surface area contributed by atoms with Crippen LogP contribution in [0.1, 0.15) is 5.56 Å². The van der Waals surface area contributed by atoms with Crippen molar-refractivity contribution in [2.75, 3.05) is 26.2 Å². The second kappa shape index (κ2) is 4.53. The van der Waals surface area contributed by atoms with Crippen LogP contribution >= 0.6 is 0 Å². The van der Waals surface area contributed by atoms with E-state index in [0.717, 1.165) is 32.8 Å². The summed E-state index contributed by atoms with van der Waals surface area (Å²) in [5.74, 6) is 0. The Morgan fingerprint density at radius 3 is 2.94 bits per heavy atom. The van der Waals surface area contributed by atoms with E-state index in [1.165, 1.54) is 5.56 Å². The molecule has 2 heterocycles. The molecule has 3 heteroatoms. The average Bonchev–Trinajstić information content (AvgIpc) is 2.72. The summed E-state index contributed by atoms with van der Waals surface area (Å²) < 4.78 is 5.77. The van der Waals surface area contributed by atoms with Crippen LogP contribution in [-0.4, -0.2) is 43.3 Å². The third-order valence-electron chi connectivity index (χ3n) is 3.43. The first-order chi connectivity index (χ1) is 7.92. The van der Waals surface area contributed by atoms with Crippen molar-refractivity contribution in [3.05, 3.63) is 35.9 Å². The van der Waals surface area contributed by atoms with E-state index in [2.05, 4.69) is 40.5 Å². The van der Waals surface area contributed by atoms with Crippen molar-refractivity contribution >= 4 is 0 Å². The molecule has 2 aliphatic rings. The quantitative estimate of drug-likeness (QED) is 0.797. The molecule has 0 spiro atoms. The molecule has 2 atom stereocenters. The van der Waals surface area contributed by atoms with Gasteiger partial charge in [-0.2, -0.15) is 0 Å². The largest absolute Gasteiger partial charge is 0.374 e. The van der Waals surface area contributed by atoms with E-state index in [4.69, 9.17) is 4.74 Å². The maximum absolute atomic E-state index is 5.77. The molecular weight excluding hydrogens is 200 g/mol. The van der Waals surface area contributed by atoms with Crippen LogP contribution in [-0.2, 0) is 11.3 Å². The summed E-state index contributed by atoms with van der Waals surface area (Å²) in [7, 11) is 0. The van der Waals surface area contributed by atoms with E-state index in [0.29, 0.717) is 12.1 Å². The first-order valence-electron chi connectivity index (χ1n) is 6.03. The van der Waals surface area contributed by atoms with Crippen LogP contribution in [0.2, 0.25) is 0 Å². The topological polar surface area (TPSA) is 24.5 Å². The molecule has 2 saturated heterocycles. The first kappa shape index (κ1) is 10.3. The fourth-order valence-corrected chi connectivity index (χ4v) is 2.64. The van der Waals surface area contributed by atoms with E-state index in [-0.39, 0.29) is 0 Å². The van der Waals surface area contributed by atoms with Gasteiger partial charge in [-0.3, -0.25) is 4.90 Å². The van der Waals surface area contributed by atoms with Gasteiger partial charge in [0, 0.05) is 32.2 Å².